The number of benzene rings is 2. The van der Waals surface area contributed by atoms with Gasteiger partial charge in [-0.2, -0.15) is 13.2 Å². The molecule has 0 unspecified atom stereocenters. The number of hydrogen-bond donors (Lipinski definition) is 2. The molecule has 0 saturated carbocycles. The smallest absolute Gasteiger partial charge is 0.332 e. The second-order valence-electron chi connectivity index (χ2n) is 4.62. The Morgan fingerprint density at radius 3 is 2.45 bits per heavy atom. The van der Waals surface area contributed by atoms with Crippen LogP contribution in [0.3, 0.4) is 0 Å². The van der Waals surface area contributed by atoms with Crippen LogP contribution in [0.25, 0.3) is 0 Å². The Bertz CT molecular complexity index is 701. The summed E-state index contributed by atoms with van der Waals surface area (Å²) in [5.41, 5.74) is 1.30. The van der Waals surface area contributed by atoms with E-state index in [0.717, 1.165) is 27.9 Å². The zero-order chi connectivity index (χ0) is 16.3. The number of rotatable bonds is 2. The average Bonchev–Trinajstić information content (AvgIpc) is 2.41. The Morgan fingerprint density at radius 2 is 1.82 bits per heavy atom. The Morgan fingerprint density at radius 1 is 1.09 bits per heavy atom. The van der Waals surface area contributed by atoms with Crippen molar-refractivity contribution in [3.63, 3.8) is 0 Å². The van der Waals surface area contributed by atoms with E-state index in [-0.39, 0.29) is 10.8 Å². The second kappa shape index (κ2) is 6.66. The van der Waals surface area contributed by atoms with Crippen molar-refractivity contribution in [1.29, 1.82) is 0 Å². The standard InChI is InChI=1S/C15H12BrF3N2S/c1-9-7-11(16)5-6-13(9)21-14(22)20-12-4-2-3-10(8-12)15(17,18)19/h2-8H,1H3,(H2,20,21,22). The molecule has 0 saturated heterocycles. The Labute approximate surface area is 139 Å². The second-order valence-corrected chi connectivity index (χ2v) is 5.94. The van der Waals surface area contributed by atoms with Crippen molar-refractivity contribution < 1.29 is 13.2 Å². The summed E-state index contributed by atoms with van der Waals surface area (Å²) in [5, 5.41) is 5.94. The minimum atomic E-state index is -4.38. The number of hydrogen-bond acceptors (Lipinski definition) is 1. The highest BCUT2D eigenvalue weighted by Crippen LogP contribution is 2.30. The van der Waals surface area contributed by atoms with E-state index < -0.39 is 11.7 Å². The molecule has 0 aliphatic rings. The lowest BCUT2D eigenvalue weighted by Crippen LogP contribution is -2.20. The minimum Gasteiger partial charge on any atom is -0.332 e. The Kier molecular flexibility index (Phi) is 5.08. The number of halogens is 4. The van der Waals surface area contributed by atoms with E-state index in [4.69, 9.17) is 12.2 Å². The van der Waals surface area contributed by atoms with E-state index in [2.05, 4.69) is 26.6 Å². The van der Waals surface area contributed by atoms with Crippen LogP contribution in [0.1, 0.15) is 11.1 Å². The summed E-state index contributed by atoms with van der Waals surface area (Å²) >= 11 is 8.49. The molecule has 0 spiro atoms. The van der Waals surface area contributed by atoms with Crippen LogP contribution in [0.4, 0.5) is 24.5 Å². The molecule has 0 radical (unpaired) electrons. The van der Waals surface area contributed by atoms with Crippen LogP contribution in [0.5, 0.6) is 0 Å². The van der Waals surface area contributed by atoms with Gasteiger partial charge in [-0.3, -0.25) is 0 Å². The van der Waals surface area contributed by atoms with E-state index in [1.165, 1.54) is 12.1 Å². The molecule has 0 heterocycles. The zero-order valence-electron chi connectivity index (χ0n) is 11.5. The highest BCUT2D eigenvalue weighted by Gasteiger charge is 2.30. The van der Waals surface area contributed by atoms with Crippen LogP contribution in [-0.4, -0.2) is 5.11 Å². The first kappa shape index (κ1) is 16.8. The fraction of sp³-hybridized carbons (Fsp3) is 0.133. The molecule has 2 N–H and O–H groups in total. The Balaban J connectivity index is 2.09. The lowest BCUT2D eigenvalue weighted by Gasteiger charge is -2.14. The molecular formula is C15H12BrF3N2S. The molecule has 0 aliphatic carbocycles. The number of alkyl halides is 3. The molecule has 0 fully saturated rings. The molecule has 7 heteroatoms. The van der Waals surface area contributed by atoms with Crippen molar-refractivity contribution in [3.8, 4) is 0 Å². The van der Waals surface area contributed by atoms with Gasteiger partial charge >= 0.3 is 6.18 Å². The molecule has 2 nitrogen and oxygen atoms in total. The summed E-state index contributed by atoms with van der Waals surface area (Å²) < 4.78 is 38.9. The third-order valence-corrected chi connectivity index (χ3v) is 3.58. The molecular weight excluding hydrogens is 377 g/mol. The number of anilines is 2. The highest BCUT2D eigenvalue weighted by molar-refractivity contribution is 9.10. The van der Waals surface area contributed by atoms with Gasteiger partial charge < -0.3 is 10.6 Å². The van der Waals surface area contributed by atoms with E-state index in [9.17, 15) is 13.2 Å². The summed E-state index contributed by atoms with van der Waals surface area (Å²) in [6, 6.07) is 10.5. The van der Waals surface area contributed by atoms with E-state index in [1.54, 1.807) is 0 Å². The maximum atomic E-state index is 12.7. The first-order chi connectivity index (χ1) is 10.3. The normalized spacial score (nSPS) is 11.1. The lowest BCUT2D eigenvalue weighted by molar-refractivity contribution is -0.137. The van der Waals surface area contributed by atoms with Gasteiger partial charge in [0.15, 0.2) is 5.11 Å². The van der Waals surface area contributed by atoms with Gasteiger partial charge in [-0.05, 0) is 61.1 Å². The molecule has 2 aromatic rings. The van der Waals surface area contributed by atoms with Gasteiger partial charge in [0.25, 0.3) is 0 Å². The number of nitrogens with one attached hydrogen (secondary N) is 2. The first-order valence-corrected chi connectivity index (χ1v) is 7.47. The number of aryl methyl sites for hydroxylation is 1. The minimum absolute atomic E-state index is 0.227. The molecule has 0 aromatic heterocycles. The van der Waals surface area contributed by atoms with Gasteiger partial charge in [-0.25, -0.2) is 0 Å². The van der Waals surface area contributed by atoms with Gasteiger partial charge in [0, 0.05) is 15.8 Å². The fourth-order valence-electron chi connectivity index (χ4n) is 1.83. The maximum Gasteiger partial charge on any atom is 0.416 e. The fourth-order valence-corrected chi connectivity index (χ4v) is 2.53. The van der Waals surface area contributed by atoms with Crippen molar-refractivity contribution >= 4 is 44.6 Å². The van der Waals surface area contributed by atoms with Crippen molar-refractivity contribution in [1.82, 2.24) is 0 Å². The predicted molar refractivity (Wildman–Crippen MR) is 90.2 cm³/mol. The zero-order valence-corrected chi connectivity index (χ0v) is 13.9. The quantitative estimate of drug-likeness (QED) is 0.656. The topological polar surface area (TPSA) is 24.1 Å². The van der Waals surface area contributed by atoms with Crippen LogP contribution in [0.15, 0.2) is 46.9 Å². The molecule has 2 aromatic carbocycles. The van der Waals surface area contributed by atoms with Crippen molar-refractivity contribution in [2.45, 2.75) is 13.1 Å². The highest BCUT2D eigenvalue weighted by atomic mass is 79.9. The van der Waals surface area contributed by atoms with E-state index in [1.807, 2.05) is 25.1 Å². The molecule has 116 valence electrons. The van der Waals surface area contributed by atoms with Crippen molar-refractivity contribution in [2.75, 3.05) is 10.6 Å². The number of thiocarbonyl (C=S) groups is 1. The van der Waals surface area contributed by atoms with Crippen LogP contribution in [-0.2, 0) is 6.18 Å². The summed E-state index contributed by atoms with van der Waals surface area (Å²) in [5.74, 6) is 0. The third kappa shape index (κ3) is 4.45. The molecule has 2 rings (SSSR count). The van der Waals surface area contributed by atoms with Crippen LogP contribution < -0.4 is 10.6 Å². The van der Waals surface area contributed by atoms with Gasteiger partial charge in [0.05, 0.1) is 5.56 Å². The first-order valence-electron chi connectivity index (χ1n) is 6.27. The van der Waals surface area contributed by atoms with Crippen molar-refractivity contribution in [3.05, 3.63) is 58.1 Å². The van der Waals surface area contributed by atoms with Gasteiger partial charge in [0.2, 0.25) is 0 Å². The Hall–Kier alpha value is -1.60. The molecule has 0 bridgehead atoms. The largest absolute Gasteiger partial charge is 0.416 e. The van der Waals surface area contributed by atoms with Crippen LogP contribution >= 0.6 is 28.1 Å². The van der Waals surface area contributed by atoms with Crippen molar-refractivity contribution in [2.24, 2.45) is 0 Å². The van der Waals surface area contributed by atoms with E-state index in [0.29, 0.717) is 0 Å². The summed E-state index contributed by atoms with van der Waals surface area (Å²) in [6.45, 7) is 1.90. The van der Waals surface area contributed by atoms with Gasteiger partial charge in [-0.1, -0.05) is 22.0 Å². The summed E-state index contributed by atoms with van der Waals surface area (Å²) in [7, 11) is 0. The lowest BCUT2D eigenvalue weighted by atomic mass is 10.2. The van der Waals surface area contributed by atoms with Gasteiger partial charge in [-0.15, -0.1) is 0 Å². The predicted octanol–water partition coefficient (Wildman–Crippen LogP) is 5.59. The molecule has 0 aliphatic heterocycles. The SMILES string of the molecule is Cc1cc(Br)ccc1NC(=S)Nc1cccc(C(F)(F)F)c1. The maximum absolute atomic E-state index is 12.7. The monoisotopic (exact) mass is 388 g/mol. The molecule has 0 atom stereocenters. The third-order valence-electron chi connectivity index (χ3n) is 2.88. The summed E-state index contributed by atoms with van der Waals surface area (Å²) in [4.78, 5) is 0. The van der Waals surface area contributed by atoms with E-state index >= 15 is 0 Å². The van der Waals surface area contributed by atoms with Gasteiger partial charge in [0.1, 0.15) is 0 Å². The van der Waals surface area contributed by atoms with Crippen LogP contribution in [0, 0.1) is 6.92 Å². The molecule has 0 amide bonds. The molecule has 22 heavy (non-hydrogen) atoms. The average molecular weight is 389 g/mol. The summed E-state index contributed by atoms with van der Waals surface area (Å²) in [6.07, 6.45) is -4.38. The van der Waals surface area contributed by atoms with Crippen LogP contribution in [0.2, 0.25) is 0 Å².